The molecule has 1 N–H and O–H groups in total. The second kappa shape index (κ2) is 25.8. The molecule has 322 valence electrons. The number of nitriles is 1. The molecule has 3 aromatic carbocycles. The van der Waals surface area contributed by atoms with E-state index in [4.69, 9.17) is 32.7 Å². The van der Waals surface area contributed by atoms with Gasteiger partial charge in [0.1, 0.15) is 17.1 Å². The van der Waals surface area contributed by atoms with Gasteiger partial charge in [0.15, 0.2) is 0 Å². The van der Waals surface area contributed by atoms with Crippen molar-refractivity contribution in [1.29, 1.82) is 5.26 Å². The second-order valence-electron chi connectivity index (χ2n) is 14.2. The molecule has 0 aromatic heterocycles. The van der Waals surface area contributed by atoms with Crippen molar-refractivity contribution in [3.63, 3.8) is 0 Å². The lowest BCUT2D eigenvalue weighted by atomic mass is 9.80. The summed E-state index contributed by atoms with van der Waals surface area (Å²) in [6, 6.07) is 26.9. The number of amides is 1. The van der Waals surface area contributed by atoms with Crippen LogP contribution in [0.1, 0.15) is 70.1 Å². The number of nitrogens with zero attached hydrogens (tertiary/aromatic N) is 3. The fourth-order valence-electron chi connectivity index (χ4n) is 6.53. The first-order valence-electron chi connectivity index (χ1n) is 19.8. The lowest BCUT2D eigenvalue weighted by Crippen LogP contribution is -2.45. The molecule has 1 amide bonds. The predicted octanol–water partition coefficient (Wildman–Crippen LogP) is 6.61. The Morgan fingerprint density at radius 1 is 0.729 bits per heavy atom. The highest BCUT2D eigenvalue weighted by Crippen LogP contribution is 2.46. The molecule has 0 saturated heterocycles. The number of hydrogen-bond acceptors (Lipinski definition) is 13. The molecule has 3 rings (SSSR count). The van der Waals surface area contributed by atoms with Gasteiger partial charge in [0.05, 0.1) is 79.9 Å². The number of esters is 2. The number of benzene rings is 3. The largest absolute Gasteiger partial charge is 0.497 e. The lowest BCUT2D eigenvalue weighted by Gasteiger charge is -2.38. The normalized spacial score (nSPS) is 12.6. The zero-order chi connectivity index (χ0) is 43.2. The maximum absolute atomic E-state index is 13.7. The summed E-state index contributed by atoms with van der Waals surface area (Å²) >= 11 is 0. The third kappa shape index (κ3) is 15.2. The summed E-state index contributed by atoms with van der Waals surface area (Å²) in [5.41, 5.74) is 1.37. The summed E-state index contributed by atoms with van der Waals surface area (Å²) in [6.07, 6.45) is 1.37. The second-order valence-corrected chi connectivity index (χ2v) is 15.7. The Morgan fingerprint density at radius 2 is 1.25 bits per heavy atom. The van der Waals surface area contributed by atoms with Crippen molar-refractivity contribution in [2.45, 2.75) is 77.1 Å². The molecule has 0 radical (unpaired) electrons. The minimum Gasteiger partial charge on any atom is -0.497 e. The molecule has 0 spiro atoms. The molecule has 0 bridgehead atoms. The van der Waals surface area contributed by atoms with E-state index in [1.165, 1.54) is 14.2 Å². The Balaban J connectivity index is 1.99. The topological polar surface area (TPSA) is 158 Å². The molecular weight excluding hydrogens is 775 g/mol. The molecule has 15 heteroatoms. The monoisotopic (exact) mass is 836 g/mol. The predicted molar refractivity (Wildman–Crippen MR) is 226 cm³/mol. The number of unbranched alkanes of at least 4 members (excludes halogenated alkanes) is 1. The molecule has 14 nitrogen and oxygen atoms in total. The van der Waals surface area contributed by atoms with E-state index in [2.05, 4.69) is 43.8 Å². The van der Waals surface area contributed by atoms with Gasteiger partial charge in [-0.25, -0.2) is 4.67 Å². The molecule has 0 aliphatic carbocycles. The summed E-state index contributed by atoms with van der Waals surface area (Å²) in [7, 11) is 4.18. The van der Waals surface area contributed by atoms with Crippen LogP contribution in [0.25, 0.3) is 0 Å². The van der Waals surface area contributed by atoms with E-state index in [0.29, 0.717) is 30.9 Å². The summed E-state index contributed by atoms with van der Waals surface area (Å²) < 4.78 is 42.7. The molecule has 0 aliphatic heterocycles. The summed E-state index contributed by atoms with van der Waals surface area (Å²) in [5.74, 6) is 0.193. The van der Waals surface area contributed by atoms with Crippen molar-refractivity contribution in [3.05, 3.63) is 95.6 Å². The van der Waals surface area contributed by atoms with Gasteiger partial charge < -0.3 is 38.0 Å². The molecule has 0 fully saturated rings. The molecular formula is C44H61N4O10P. The SMILES string of the molecule is COC(=O)CN(CCCCC(=O)NC(COP(OCCC#N)N(C(C)C)C(C)C)COC(c1ccccc1)(c1ccc(OC)cc1)c1ccc(OC)cc1)CC(=O)OC. The van der Waals surface area contributed by atoms with Crippen molar-refractivity contribution in [2.75, 3.05) is 67.9 Å². The number of ether oxygens (including phenoxy) is 5. The number of carbonyl (C=O) groups is 3. The first kappa shape index (κ1) is 48.8. The Hall–Kier alpha value is -4.61. The van der Waals surface area contributed by atoms with Gasteiger partial charge in [-0.3, -0.25) is 19.3 Å². The first-order valence-corrected chi connectivity index (χ1v) is 20.9. The number of rotatable bonds is 27. The van der Waals surface area contributed by atoms with Gasteiger partial charge in [-0.1, -0.05) is 54.6 Å². The van der Waals surface area contributed by atoms with Gasteiger partial charge in [0.2, 0.25) is 5.91 Å². The highest BCUT2D eigenvalue weighted by molar-refractivity contribution is 7.44. The van der Waals surface area contributed by atoms with Crippen LogP contribution >= 0.6 is 8.53 Å². The van der Waals surface area contributed by atoms with E-state index in [-0.39, 0.29) is 63.7 Å². The fourth-order valence-corrected chi connectivity index (χ4v) is 8.18. The lowest BCUT2D eigenvalue weighted by molar-refractivity contribution is -0.145. The Bertz CT molecular complexity index is 1670. The van der Waals surface area contributed by atoms with Crippen LogP contribution in [0.2, 0.25) is 0 Å². The van der Waals surface area contributed by atoms with Gasteiger partial charge in [0, 0.05) is 18.5 Å². The summed E-state index contributed by atoms with van der Waals surface area (Å²) in [5, 5.41) is 12.4. The minimum atomic E-state index is -1.63. The number of carbonyl (C=O) groups excluding carboxylic acids is 3. The Labute approximate surface area is 351 Å². The van der Waals surface area contributed by atoms with E-state index >= 15 is 0 Å². The summed E-state index contributed by atoms with van der Waals surface area (Å²) in [4.78, 5) is 39.3. The minimum absolute atomic E-state index is 0.0233. The third-order valence-electron chi connectivity index (χ3n) is 9.38. The van der Waals surface area contributed by atoms with Crippen LogP contribution in [0.3, 0.4) is 0 Å². The zero-order valence-electron chi connectivity index (χ0n) is 35.7. The van der Waals surface area contributed by atoms with Crippen molar-refractivity contribution in [3.8, 4) is 17.6 Å². The molecule has 2 unspecified atom stereocenters. The molecule has 0 aliphatic rings. The average molecular weight is 837 g/mol. The standard InChI is InChI=1S/C44H61N4O10P/c1-33(2)48(34(3)4)59(57-28-14-26-45)58-32-38(46-41(49)17-12-13-27-47(29-42(50)54-7)30-43(51)55-8)31-56-44(35-15-10-9-11-16-35,36-18-22-39(52-5)23-19-36)37-20-24-40(53-6)25-21-37/h9-11,15-16,18-25,33-34,38H,12-14,17,27-32H2,1-8H3,(H,46,49). The number of hydrogen-bond donors (Lipinski definition) is 1. The smallest absolute Gasteiger partial charge is 0.319 e. The van der Waals surface area contributed by atoms with Crippen LogP contribution in [0, 0.1) is 11.3 Å². The fraction of sp³-hybridized carbons (Fsp3) is 0.500. The van der Waals surface area contributed by atoms with Gasteiger partial charge in [-0.15, -0.1) is 0 Å². The van der Waals surface area contributed by atoms with Gasteiger partial charge in [-0.05, 0) is 88.0 Å². The van der Waals surface area contributed by atoms with Crippen molar-refractivity contribution in [1.82, 2.24) is 14.9 Å². The van der Waals surface area contributed by atoms with E-state index in [0.717, 1.165) is 16.7 Å². The van der Waals surface area contributed by atoms with Crippen LogP contribution in [0.15, 0.2) is 78.9 Å². The first-order chi connectivity index (χ1) is 28.4. The average Bonchev–Trinajstić information content (AvgIpc) is 3.24. The highest BCUT2D eigenvalue weighted by atomic mass is 31.2. The molecule has 0 heterocycles. The molecule has 3 aromatic rings. The van der Waals surface area contributed by atoms with Crippen molar-refractivity contribution >= 4 is 26.4 Å². The van der Waals surface area contributed by atoms with Crippen LogP contribution in [-0.2, 0) is 43.2 Å². The van der Waals surface area contributed by atoms with Gasteiger partial charge in [-0.2, -0.15) is 5.26 Å². The quantitative estimate of drug-likeness (QED) is 0.0379. The number of methoxy groups -OCH3 is 4. The molecule has 59 heavy (non-hydrogen) atoms. The molecule has 2 atom stereocenters. The summed E-state index contributed by atoms with van der Waals surface area (Å²) in [6.45, 7) is 8.72. The van der Waals surface area contributed by atoms with Crippen LogP contribution in [0.4, 0.5) is 0 Å². The van der Waals surface area contributed by atoms with Crippen molar-refractivity contribution < 1.29 is 47.1 Å². The maximum atomic E-state index is 13.7. The van der Waals surface area contributed by atoms with Crippen LogP contribution in [0.5, 0.6) is 11.5 Å². The third-order valence-corrected chi connectivity index (χ3v) is 11.5. The van der Waals surface area contributed by atoms with Gasteiger partial charge in [0.25, 0.3) is 8.53 Å². The maximum Gasteiger partial charge on any atom is 0.319 e. The van der Waals surface area contributed by atoms with E-state index in [1.54, 1.807) is 19.1 Å². The van der Waals surface area contributed by atoms with Gasteiger partial charge >= 0.3 is 11.9 Å². The van der Waals surface area contributed by atoms with E-state index < -0.39 is 32.1 Å². The number of nitrogens with one attached hydrogen (secondary N) is 1. The van der Waals surface area contributed by atoms with Crippen LogP contribution < -0.4 is 14.8 Å². The van der Waals surface area contributed by atoms with Crippen LogP contribution in [-0.4, -0.2) is 113 Å². The zero-order valence-corrected chi connectivity index (χ0v) is 36.6. The Kier molecular flexibility index (Phi) is 21.3. The van der Waals surface area contributed by atoms with Crippen molar-refractivity contribution in [2.24, 2.45) is 0 Å². The molecule has 0 saturated carbocycles. The van der Waals surface area contributed by atoms with E-state index in [1.807, 2.05) is 78.9 Å². The Morgan fingerprint density at radius 3 is 1.73 bits per heavy atom. The highest BCUT2D eigenvalue weighted by Gasteiger charge is 2.39. The van der Waals surface area contributed by atoms with E-state index in [9.17, 15) is 19.6 Å².